The fourth-order valence-electron chi connectivity index (χ4n) is 11.2. The zero-order chi connectivity index (χ0) is 76.0. The van der Waals surface area contributed by atoms with Crippen LogP contribution in [0.3, 0.4) is 0 Å². The van der Waals surface area contributed by atoms with Crippen molar-refractivity contribution in [2.75, 3.05) is 39.6 Å². The first-order valence-electron chi connectivity index (χ1n) is 41.5. The van der Waals surface area contributed by atoms with Gasteiger partial charge in [0.05, 0.1) is 26.4 Å². The number of carbonyl (C=O) groups is 4. The molecule has 19 heteroatoms. The van der Waals surface area contributed by atoms with Gasteiger partial charge in [-0.25, -0.2) is 9.13 Å². The summed E-state index contributed by atoms with van der Waals surface area (Å²) in [5.41, 5.74) is 0. The van der Waals surface area contributed by atoms with Gasteiger partial charge in [-0.3, -0.25) is 37.3 Å². The fraction of sp³-hybridized carbons (Fsp3) is 0.765. The van der Waals surface area contributed by atoms with Crippen molar-refractivity contribution < 1.29 is 80.2 Å². The number of phosphoric acid groups is 2. The lowest BCUT2D eigenvalue weighted by Gasteiger charge is -2.21. The lowest BCUT2D eigenvalue weighted by atomic mass is 10.0. The Kier molecular flexibility index (Phi) is 74.2. The zero-order valence-electron chi connectivity index (χ0n) is 65.9. The van der Waals surface area contributed by atoms with Crippen molar-refractivity contribution in [2.45, 2.75) is 380 Å². The van der Waals surface area contributed by atoms with E-state index in [0.29, 0.717) is 38.5 Å². The topological polar surface area (TPSA) is 237 Å². The largest absolute Gasteiger partial charge is 0.472 e. The maximum Gasteiger partial charge on any atom is 0.472 e. The minimum Gasteiger partial charge on any atom is -0.462 e. The van der Waals surface area contributed by atoms with Crippen LogP contribution in [0.5, 0.6) is 0 Å². The summed E-state index contributed by atoms with van der Waals surface area (Å²) in [5, 5.41) is 10.6. The molecule has 0 bridgehead atoms. The predicted molar refractivity (Wildman–Crippen MR) is 427 cm³/mol. The Morgan fingerprint density at radius 2 is 0.481 bits per heavy atom. The first-order chi connectivity index (χ1) is 50.7. The Labute approximate surface area is 633 Å². The van der Waals surface area contributed by atoms with Gasteiger partial charge in [0.1, 0.15) is 19.3 Å². The number of rotatable bonds is 78. The van der Waals surface area contributed by atoms with E-state index < -0.39 is 97.5 Å². The first-order valence-corrected chi connectivity index (χ1v) is 44.5. The molecule has 104 heavy (non-hydrogen) atoms. The van der Waals surface area contributed by atoms with Crippen LogP contribution in [0.2, 0.25) is 0 Å². The van der Waals surface area contributed by atoms with Gasteiger partial charge >= 0.3 is 39.5 Å². The van der Waals surface area contributed by atoms with Crippen LogP contribution in [-0.2, 0) is 65.4 Å². The molecular formula is C85H150O17P2. The van der Waals surface area contributed by atoms with Crippen molar-refractivity contribution in [3.8, 4) is 0 Å². The van der Waals surface area contributed by atoms with Crippen molar-refractivity contribution in [2.24, 2.45) is 0 Å². The molecule has 0 aromatic carbocycles. The molecule has 0 fully saturated rings. The second-order valence-corrected chi connectivity index (χ2v) is 30.6. The number of hydrogen-bond acceptors (Lipinski definition) is 15. The van der Waals surface area contributed by atoms with E-state index in [0.717, 1.165) is 96.3 Å². The molecule has 602 valence electrons. The van der Waals surface area contributed by atoms with E-state index in [1.54, 1.807) is 0 Å². The van der Waals surface area contributed by atoms with Crippen molar-refractivity contribution in [3.63, 3.8) is 0 Å². The van der Waals surface area contributed by atoms with Gasteiger partial charge in [0.25, 0.3) is 0 Å². The monoisotopic (exact) mass is 1510 g/mol. The van der Waals surface area contributed by atoms with Gasteiger partial charge < -0.3 is 33.8 Å². The molecule has 0 aliphatic rings. The Balaban J connectivity index is 5.44. The molecule has 17 nitrogen and oxygen atoms in total. The summed E-state index contributed by atoms with van der Waals surface area (Å²) in [4.78, 5) is 73.1. The molecule has 0 radical (unpaired) electrons. The summed E-state index contributed by atoms with van der Waals surface area (Å²) in [7, 11) is -9.98. The molecule has 0 aromatic heterocycles. The van der Waals surface area contributed by atoms with Gasteiger partial charge in [0.15, 0.2) is 12.2 Å². The minimum atomic E-state index is -5.00. The minimum absolute atomic E-state index is 0.00785. The average molecular weight is 1510 g/mol. The Morgan fingerprint density at radius 3 is 0.769 bits per heavy atom. The van der Waals surface area contributed by atoms with Gasteiger partial charge in [-0.2, -0.15) is 0 Å². The Bertz CT molecular complexity index is 2350. The third-order valence-corrected chi connectivity index (χ3v) is 19.5. The molecule has 2 unspecified atom stereocenters. The zero-order valence-corrected chi connectivity index (χ0v) is 67.7. The van der Waals surface area contributed by atoms with E-state index >= 15 is 0 Å². The van der Waals surface area contributed by atoms with E-state index in [-0.39, 0.29) is 25.7 Å². The van der Waals surface area contributed by atoms with Gasteiger partial charge in [0.2, 0.25) is 0 Å². The molecule has 0 aromatic rings. The van der Waals surface area contributed by atoms with Crippen LogP contribution in [0.25, 0.3) is 0 Å². The second-order valence-electron chi connectivity index (χ2n) is 27.7. The summed E-state index contributed by atoms with van der Waals surface area (Å²) >= 11 is 0. The standard InChI is InChI=1S/C85H150O17P2/c1-5-9-13-17-21-25-29-33-37-39-43-46-50-54-58-62-66-70-83(88)96-76-81(102-85(90)72-68-64-60-56-52-48-44-40-38-34-30-26-22-18-14-10-6-2)78-100-104(93,94)98-74-79(86)73-97-103(91,92)99-77-80(101-84(89)71-67-63-59-55-51-47-42-36-32-28-24-20-16-12-8-4)75-95-82(87)69-65-61-57-53-49-45-41-35-31-27-23-19-15-11-7-3/h21-22,25-26,33-34,37-38,43-44,46,48,54,56,58,60,79-81,86H,5-20,23-24,27-32,35-36,39-42,45,47,49-53,55,57,59,61-78H2,1-4H3,(H,91,92)(H,93,94)/b25-21-,26-22-,37-33-,38-34-,46-43-,48-44-,58-54-,60-56-/t79-,80-,81-/m1/s1. The highest BCUT2D eigenvalue weighted by Crippen LogP contribution is 2.45. The number of aliphatic hydroxyl groups is 1. The van der Waals surface area contributed by atoms with Crippen molar-refractivity contribution in [1.82, 2.24) is 0 Å². The lowest BCUT2D eigenvalue weighted by molar-refractivity contribution is -0.161. The normalized spacial score (nSPS) is 14.3. The Morgan fingerprint density at radius 1 is 0.269 bits per heavy atom. The third kappa shape index (κ3) is 76.2. The van der Waals surface area contributed by atoms with Crippen molar-refractivity contribution in [1.29, 1.82) is 0 Å². The van der Waals surface area contributed by atoms with E-state index in [1.165, 1.54) is 173 Å². The molecule has 0 amide bonds. The van der Waals surface area contributed by atoms with Crippen LogP contribution in [0, 0.1) is 0 Å². The van der Waals surface area contributed by atoms with Gasteiger partial charge in [0, 0.05) is 25.7 Å². The number of ether oxygens (including phenoxy) is 4. The maximum atomic E-state index is 13.1. The predicted octanol–water partition coefficient (Wildman–Crippen LogP) is 24.3. The van der Waals surface area contributed by atoms with Crippen LogP contribution in [0.15, 0.2) is 97.2 Å². The number of hydrogen-bond donors (Lipinski definition) is 3. The summed E-state index contributed by atoms with van der Waals surface area (Å²) in [6, 6.07) is 0. The SMILES string of the molecule is CCCCC/C=C\C/C=C\C/C=C\C/C=C\CCCC(=O)OC[C@H](COP(=O)(O)OC[C@H](O)COP(=O)(O)OC[C@@H](COC(=O)CCCCCCCCCCCCCCCCC)OC(=O)CCCCCCCCCCCCCCCCC)OC(=O)CCC/C=C\C/C=C\C/C=C\C/C=C\CCCCC. The number of esters is 4. The molecule has 5 atom stereocenters. The van der Waals surface area contributed by atoms with Crippen LogP contribution in [0.4, 0.5) is 0 Å². The van der Waals surface area contributed by atoms with E-state index in [4.69, 9.17) is 37.0 Å². The van der Waals surface area contributed by atoms with E-state index in [2.05, 4.69) is 101 Å². The van der Waals surface area contributed by atoms with E-state index in [1.807, 2.05) is 24.3 Å². The summed E-state index contributed by atoms with van der Waals surface area (Å²) in [6.07, 6.45) is 82.5. The molecular weight excluding hydrogens is 1350 g/mol. The number of aliphatic hydroxyl groups excluding tert-OH is 1. The average Bonchev–Trinajstić information content (AvgIpc) is 0.926. The number of phosphoric ester groups is 2. The van der Waals surface area contributed by atoms with Crippen molar-refractivity contribution in [3.05, 3.63) is 97.2 Å². The van der Waals surface area contributed by atoms with Gasteiger partial charge in [-0.05, 0) is 103 Å². The molecule has 0 saturated carbocycles. The highest BCUT2D eigenvalue weighted by molar-refractivity contribution is 7.47. The molecule has 0 aliphatic heterocycles. The van der Waals surface area contributed by atoms with Gasteiger partial charge in [-0.15, -0.1) is 0 Å². The van der Waals surface area contributed by atoms with Gasteiger partial charge in [-0.1, -0.05) is 330 Å². The lowest BCUT2D eigenvalue weighted by Crippen LogP contribution is -2.30. The summed E-state index contributed by atoms with van der Waals surface area (Å²) in [6.45, 7) is 4.76. The quantitative estimate of drug-likeness (QED) is 0.0169. The highest BCUT2D eigenvalue weighted by atomic mass is 31.2. The summed E-state index contributed by atoms with van der Waals surface area (Å²) < 4.78 is 68.6. The highest BCUT2D eigenvalue weighted by Gasteiger charge is 2.30. The fourth-order valence-corrected chi connectivity index (χ4v) is 12.8. The smallest absolute Gasteiger partial charge is 0.462 e. The summed E-state index contributed by atoms with van der Waals surface area (Å²) in [5.74, 6) is -2.28. The third-order valence-electron chi connectivity index (χ3n) is 17.6. The second kappa shape index (κ2) is 77.1. The molecule has 0 aliphatic carbocycles. The molecule has 0 spiro atoms. The number of unbranched alkanes of at least 4 members (excludes halogenated alkanes) is 36. The van der Waals surface area contributed by atoms with Crippen LogP contribution >= 0.6 is 15.6 Å². The van der Waals surface area contributed by atoms with Crippen LogP contribution < -0.4 is 0 Å². The molecule has 0 rings (SSSR count). The maximum absolute atomic E-state index is 13.1. The Hall–Kier alpha value is -4.02. The number of allylic oxidation sites excluding steroid dienone is 16. The van der Waals surface area contributed by atoms with E-state index in [9.17, 15) is 43.2 Å². The molecule has 0 heterocycles. The van der Waals surface area contributed by atoms with Crippen LogP contribution in [0.1, 0.15) is 362 Å². The van der Waals surface area contributed by atoms with Crippen molar-refractivity contribution >= 4 is 39.5 Å². The molecule has 3 N–H and O–H groups in total. The first kappa shape index (κ1) is 100.0. The number of carbonyl (C=O) groups excluding carboxylic acids is 4. The van der Waals surface area contributed by atoms with Crippen LogP contribution in [-0.4, -0.2) is 96.7 Å². The molecule has 0 saturated heterocycles.